The zero-order valence-electron chi connectivity index (χ0n) is 13.9. The molecule has 0 unspecified atom stereocenters. The topological polar surface area (TPSA) is 56.8 Å². The van der Waals surface area contributed by atoms with Crippen LogP contribution in [0.25, 0.3) is 0 Å². The first kappa shape index (κ1) is 16.2. The van der Waals surface area contributed by atoms with E-state index in [0.29, 0.717) is 26.2 Å². The Bertz CT molecular complexity index is 742. The van der Waals surface area contributed by atoms with E-state index >= 15 is 0 Å². The molecule has 1 amide bonds. The lowest BCUT2D eigenvalue weighted by molar-refractivity contribution is -0.120. The zero-order valence-corrected chi connectivity index (χ0v) is 13.9. The average molecular weight is 327 g/mol. The van der Waals surface area contributed by atoms with Crippen molar-refractivity contribution in [2.75, 3.05) is 20.3 Å². The van der Waals surface area contributed by atoms with E-state index in [1.807, 2.05) is 43.3 Å². The molecule has 5 nitrogen and oxygen atoms in total. The molecule has 1 N–H and O–H groups in total. The number of aryl methyl sites for hydroxylation is 1. The molecule has 0 fully saturated rings. The molecule has 5 heteroatoms. The highest BCUT2D eigenvalue weighted by atomic mass is 16.6. The highest BCUT2D eigenvalue weighted by Gasteiger charge is 2.14. The van der Waals surface area contributed by atoms with Gasteiger partial charge in [-0.25, -0.2) is 0 Å². The van der Waals surface area contributed by atoms with Gasteiger partial charge in [0.05, 0.1) is 13.5 Å². The third kappa shape index (κ3) is 3.79. The van der Waals surface area contributed by atoms with Gasteiger partial charge in [0.2, 0.25) is 5.91 Å². The van der Waals surface area contributed by atoms with E-state index in [9.17, 15) is 4.79 Å². The molecule has 0 saturated carbocycles. The molecule has 2 aromatic rings. The lowest BCUT2D eigenvalue weighted by atomic mass is 10.1. The number of methoxy groups -OCH3 is 1. The van der Waals surface area contributed by atoms with Gasteiger partial charge in [-0.1, -0.05) is 12.1 Å². The summed E-state index contributed by atoms with van der Waals surface area (Å²) in [5.41, 5.74) is 3.02. The van der Waals surface area contributed by atoms with Crippen molar-refractivity contribution in [3.63, 3.8) is 0 Å². The van der Waals surface area contributed by atoms with E-state index in [4.69, 9.17) is 14.2 Å². The molecule has 0 radical (unpaired) electrons. The molecule has 0 atom stereocenters. The second kappa shape index (κ2) is 7.25. The van der Waals surface area contributed by atoms with Crippen LogP contribution in [-0.2, 0) is 17.8 Å². The van der Waals surface area contributed by atoms with Crippen LogP contribution in [0.15, 0.2) is 36.4 Å². The molecular weight excluding hydrogens is 306 g/mol. The van der Waals surface area contributed by atoms with Crippen LogP contribution in [0.2, 0.25) is 0 Å². The van der Waals surface area contributed by atoms with Crippen LogP contribution < -0.4 is 19.5 Å². The molecule has 0 aliphatic carbocycles. The molecule has 0 aromatic heterocycles. The second-order valence-corrected chi connectivity index (χ2v) is 5.73. The maximum atomic E-state index is 12.2. The molecule has 2 aromatic carbocycles. The minimum atomic E-state index is -0.0301. The van der Waals surface area contributed by atoms with Gasteiger partial charge in [-0.05, 0) is 47.9 Å². The van der Waals surface area contributed by atoms with Crippen molar-refractivity contribution in [3.05, 3.63) is 53.1 Å². The number of fused-ring (bicyclic) bond motifs is 1. The zero-order chi connectivity index (χ0) is 16.9. The molecule has 0 bridgehead atoms. The Balaban J connectivity index is 1.61. The Morgan fingerprint density at radius 1 is 1.17 bits per heavy atom. The standard InChI is InChI=1S/C19H21NO4/c1-13-8-17-18(24-7-6-23-17)11-15(13)12-20-19(21)10-14-4-3-5-16(9-14)22-2/h3-5,8-9,11H,6-7,10,12H2,1-2H3,(H,20,21). The van der Waals surface area contributed by atoms with E-state index in [-0.39, 0.29) is 5.91 Å². The van der Waals surface area contributed by atoms with Crippen LogP contribution in [0.3, 0.4) is 0 Å². The van der Waals surface area contributed by atoms with E-state index in [1.54, 1.807) is 7.11 Å². The quantitative estimate of drug-likeness (QED) is 0.917. The second-order valence-electron chi connectivity index (χ2n) is 5.73. The van der Waals surface area contributed by atoms with Gasteiger partial charge in [-0.3, -0.25) is 4.79 Å². The summed E-state index contributed by atoms with van der Waals surface area (Å²) in [7, 11) is 1.61. The molecule has 1 aliphatic heterocycles. The minimum absolute atomic E-state index is 0.0301. The Morgan fingerprint density at radius 2 is 1.92 bits per heavy atom. The normalized spacial score (nSPS) is 12.6. The Hall–Kier alpha value is -2.69. The number of ether oxygens (including phenoxy) is 3. The van der Waals surface area contributed by atoms with Crippen LogP contribution in [0.1, 0.15) is 16.7 Å². The average Bonchev–Trinajstić information content (AvgIpc) is 2.60. The molecule has 24 heavy (non-hydrogen) atoms. The predicted molar refractivity (Wildman–Crippen MR) is 90.7 cm³/mol. The number of amides is 1. The summed E-state index contributed by atoms with van der Waals surface area (Å²) >= 11 is 0. The van der Waals surface area contributed by atoms with E-state index < -0.39 is 0 Å². The first-order chi connectivity index (χ1) is 11.7. The van der Waals surface area contributed by atoms with Crippen LogP contribution in [0.4, 0.5) is 0 Å². The highest BCUT2D eigenvalue weighted by Crippen LogP contribution is 2.32. The maximum Gasteiger partial charge on any atom is 0.224 e. The highest BCUT2D eigenvalue weighted by molar-refractivity contribution is 5.78. The Labute approximate surface area is 141 Å². The van der Waals surface area contributed by atoms with Crippen molar-refractivity contribution in [2.45, 2.75) is 19.9 Å². The predicted octanol–water partition coefficient (Wildman–Crippen LogP) is 2.63. The van der Waals surface area contributed by atoms with Crippen LogP contribution >= 0.6 is 0 Å². The van der Waals surface area contributed by atoms with Crippen molar-refractivity contribution in [1.29, 1.82) is 0 Å². The monoisotopic (exact) mass is 327 g/mol. The third-order valence-corrected chi connectivity index (χ3v) is 3.98. The van der Waals surface area contributed by atoms with Gasteiger partial charge >= 0.3 is 0 Å². The third-order valence-electron chi connectivity index (χ3n) is 3.98. The van der Waals surface area contributed by atoms with E-state index in [2.05, 4.69) is 5.32 Å². The van der Waals surface area contributed by atoms with Gasteiger partial charge < -0.3 is 19.5 Å². The molecule has 126 valence electrons. The number of rotatable bonds is 5. The summed E-state index contributed by atoms with van der Waals surface area (Å²) in [6.07, 6.45) is 0.320. The molecule has 0 saturated heterocycles. The fourth-order valence-electron chi connectivity index (χ4n) is 2.65. The summed E-state index contributed by atoms with van der Waals surface area (Å²) in [5, 5.41) is 2.96. The summed E-state index contributed by atoms with van der Waals surface area (Å²) in [6, 6.07) is 11.4. The number of benzene rings is 2. The molecular formula is C19H21NO4. The van der Waals surface area contributed by atoms with Crippen molar-refractivity contribution in [2.24, 2.45) is 0 Å². The molecule has 1 heterocycles. The lowest BCUT2D eigenvalue weighted by Gasteiger charge is -2.20. The number of carbonyl (C=O) groups is 1. The van der Waals surface area contributed by atoms with Gasteiger partial charge in [0.25, 0.3) is 0 Å². The van der Waals surface area contributed by atoms with Crippen LogP contribution in [0, 0.1) is 6.92 Å². The summed E-state index contributed by atoms with van der Waals surface area (Å²) < 4.78 is 16.3. The van der Waals surface area contributed by atoms with Gasteiger partial charge in [0, 0.05) is 6.54 Å². The van der Waals surface area contributed by atoms with Gasteiger partial charge in [-0.2, -0.15) is 0 Å². The summed E-state index contributed by atoms with van der Waals surface area (Å²) in [6.45, 7) is 3.59. The Morgan fingerprint density at radius 3 is 2.67 bits per heavy atom. The van der Waals surface area contributed by atoms with Crippen molar-refractivity contribution >= 4 is 5.91 Å². The molecule has 0 spiro atoms. The number of carbonyl (C=O) groups excluding carboxylic acids is 1. The maximum absolute atomic E-state index is 12.2. The van der Waals surface area contributed by atoms with E-state index in [0.717, 1.165) is 33.9 Å². The number of hydrogen-bond donors (Lipinski definition) is 1. The van der Waals surface area contributed by atoms with E-state index in [1.165, 1.54) is 0 Å². The molecule has 1 aliphatic rings. The fraction of sp³-hybridized carbons (Fsp3) is 0.316. The summed E-state index contributed by atoms with van der Waals surface area (Å²) in [4.78, 5) is 12.2. The van der Waals surface area contributed by atoms with Gasteiger partial charge in [0.1, 0.15) is 19.0 Å². The molecule has 3 rings (SSSR count). The van der Waals surface area contributed by atoms with Gasteiger partial charge in [-0.15, -0.1) is 0 Å². The fourth-order valence-corrected chi connectivity index (χ4v) is 2.65. The van der Waals surface area contributed by atoms with Crippen molar-refractivity contribution < 1.29 is 19.0 Å². The smallest absolute Gasteiger partial charge is 0.224 e. The summed E-state index contributed by atoms with van der Waals surface area (Å²) in [5.74, 6) is 2.23. The minimum Gasteiger partial charge on any atom is -0.497 e. The SMILES string of the molecule is COc1cccc(CC(=O)NCc2cc3c(cc2C)OCCO3)c1. The Kier molecular flexibility index (Phi) is 4.89. The van der Waals surface area contributed by atoms with Crippen LogP contribution in [-0.4, -0.2) is 26.2 Å². The van der Waals surface area contributed by atoms with Crippen molar-refractivity contribution in [3.8, 4) is 17.2 Å². The first-order valence-electron chi connectivity index (χ1n) is 7.94. The van der Waals surface area contributed by atoms with Crippen LogP contribution in [0.5, 0.6) is 17.2 Å². The number of hydrogen-bond acceptors (Lipinski definition) is 4. The number of nitrogens with one attached hydrogen (secondary N) is 1. The lowest BCUT2D eigenvalue weighted by Crippen LogP contribution is -2.25. The van der Waals surface area contributed by atoms with Gasteiger partial charge in [0.15, 0.2) is 11.5 Å². The van der Waals surface area contributed by atoms with Crippen molar-refractivity contribution in [1.82, 2.24) is 5.32 Å². The largest absolute Gasteiger partial charge is 0.497 e. The first-order valence-corrected chi connectivity index (χ1v) is 7.94.